The van der Waals surface area contributed by atoms with Gasteiger partial charge < -0.3 is 4.90 Å². The predicted octanol–water partition coefficient (Wildman–Crippen LogP) is 1.81. The van der Waals surface area contributed by atoms with Crippen molar-refractivity contribution in [2.75, 3.05) is 32.7 Å². The third-order valence-electron chi connectivity index (χ3n) is 3.77. The zero-order chi connectivity index (χ0) is 14.6. The summed E-state index contributed by atoms with van der Waals surface area (Å²) < 4.78 is 0. The van der Waals surface area contributed by atoms with Crippen LogP contribution in [0.25, 0.3) is 0 Å². The lowest BCUT2D eigenvalue weighted by molar-refractivity contribution is -0.141. The molecule has 4 heteroatoms. The second-order valence-electron chi connectivity index (χ2n) is 6.49. The lowest BCUT2D eigenvalue weighted by Crippen LogP contribution is -2.51. The fourth-order valence-corrected chi connectivity index (χ4v) is 2.49. The number of hydrogen-bond acceptors (Lipinski definition) is 3. The summed E-state index contributed by atoms with van der Waals surface area (Å²) in [6.45, 7) is 10.7. The molecule has 0 saturated carbocycles. The van der Waals surface area contributed by atoms with Crippen LogP contribution in [0.5, 0.6) is 0 Å². The normalized spacial score (nSPS) is 17.2. The Balaban J connectivity index is 1.76. The van der Waals surface area contributed by atoms with Crippen molar-refractivity contribution < 1.29 is 4.79 Å². The molecule has 1 fully saturated rings. The van der Waals surface area contributed by atoms with E-state index in [2.05, 4.69) is 22.0 Å². The Labute approximate surface area is 121 Å². The second kappa shape index (κ2) is 6.35. The number of pyridine rings is 1. The van der Waals surface area contributed by atoms with E-state index in [1.165, 1.54) is 5.56 Å². The average molecular weight is 275 g/mol. The van der Waals surface area contributed by atoms with Crippen LogP contribution in [-0.4, -0.2) is 53.4 Å². The summed E-state index contributed by atoms with van der Waals surface area (Å²) in [6, 6.07) is 4.14. The standard InChI is InChI=1S/C16H25N3O/c1-16(2,3)15(20)19-12-10-18(11-13-19)9-6-14-4-7-17-8-5-14/h4-5,7-8H,6,9-13H2,1-3H3. The minimum absolute atomic E-state index is 0.265. The van der Waals surface area contributed by atoms with Crippen molar-refractivity contribution in [3.8, 4) is 0 Å². The second-order valence-corrected chi connectivity index (χ2v) is 6.49. The van der Waals surface area contributed by atoms with Crippen molar-refractivity contribution in [2.24, 2.45) is 5.41 Å². The van der Waals surface area contributed by atoms with Crippen molar-refractivity contribution in [2.45, 2.75) is 27.2 Å². The van der Waals surface area contributed by atoms with Gasteiger partial charge in [-0.3, -0.25) is 14.7 Å². The summed E-state index contributed by atoms with van der Waals surface area (Å²) >= 11 is 0. The maximum atomic E-state index is 12.2. The number of carbonyl (C=O) groups is 1. The highest BCUT2D eigenvalue weighted by Gasteiger charge is 2.29. The van der Waals surface area contributed by atoms with Crippen LogP contribution in [0, 0.1) is 5.41 Å². The number of amides is 1. The first-order chi connectivity index (χ1) is 9.47. The van der Waals surface area contributed by atoms with Crippen molar-refractivity contribution in [3.63, 3.8) is 0 Å². The van der Waals surface area contributed by atoms with Gasteiger partial charge in [0.05, 0.1) is 0 Å². The van der Waals surface area contributed by atoms with Crippen LogP contribution in [0.15, 0.2) is 24.5 Å². The predicted molar refractivity (Wildman–Crippen MR) is 80.4 cm³/mol. The fraction of sp³-hybridized carbons (Fsp3) is 0.625. The van der Waals surface area contributed by atoms with Crippen LogP contribution < -0.4 is 0 Å². The van der Waals surface area contributed by atoms with Gasteiger partial charge in [0, 0.05) is 50.5 Å². The number of aromatic nitrogens is 1. The molecule has 1 aliphatic heterocycles. The van der Waals surface area contributed by atoms with Crippen LogP contribution in [0.1, 0.15) is 26.3 Å². The number of hydrogen-bond donors (Lipinski definition) is 0. The first kappa shape index (κ1) is 15.0. The highest BCUT2D eigenvalue weighted by Crippen LogP contribution is 2.18. The molecule has 20 heavy (non-hydrogen) atoms. The largest absolute Gasteiger partial charge is 0.340 e. The summed E-state index contributed by atoms with van der Waals surface area (Å²) in [5.74, 6) is 0.270. The highest BCUT2D eigenvalue weighted by atomic mass is 16.2. The molecule has 0 radical (unpaired) electrons. The Kier molecular flexibility index (Phi) is 4.76. The Hall–Kier alpha value is -1.42. The van der Waals surface area contributed by atoms with Crippen LogP contribution in [0.3, 0.4) is 0 Å². The number of nitrogens with zero attached hydrogens (tertiary/aromatic N) is 3. The molecule has 1 aliphatic rings. The maximum Gasteiger partial charge on any atom is 0.228 e. The van der Waals surface area contributed by atoms with Crippen molar-refractivity contribution in [1.29, 1.82) is 0 Å². The van der Waals surface area contributed by atoms with Gasteiger partial charge in [-0.15, -0.1) is 0 Å². The van der Waals surface area contributed by atoms with Crippen molar-refractivity contribution >= 4 is 5.91 Å². The topological polar surface area (TPSA) is 36.4 Å². The smallest absolute Gasteiger partial charge is 0.228 e. The van der Waals surface area contributed by atoms with Gasteiger partial charge >= 0.3 is 0 Å². The molecule has 0 N–H and O–H groups in total. The minimum Gasteiger partial charge on any atom is -0.340 e. The molecule has 0 unspecified atom stereocenters. The zero-order valence-corrected chi connectivity index (χ0v) is 12.8. The third kappa shape index (κ3) is 4.04. The Bertz CT molecular complexity index is 431. The molecule has 0 bridgehead atoms. The van der Waals surface area contributed by atoms with Gasteiger partial charge in [-0.05, 0) is 24.1 Å². The van der Waals surface area contributed by atoms with Gasteiger partial charge in [-0.25, -0.2) is 0 Å². The summed E-state index contributed by atoms with van der Waals surface area (Å²) in [7, 11) is 0. The highest BCUT2D eigenvalue weighted by molar-refractivity contribution is 5.81. The Morgan fingerprint density at radius 3 is 2.30 bits per heavy atom. The van der Waals surface area contributed by atoms with E-state index in [4.69, 9.17) is 0 Å². The SMILES string of the molecule is CC(C)(C)C(=O)N1CCN(CCc2ccncc2)CC1. The van der Waals surface area contributed by atoms with Crippen molar-refractivity contribution in [1.82, 2.24) is 14.8 Å². The molecule has 1 aromatic rings. The molecule has 2 rings (SSSR count). The number of carbonyl (C=O) groups excluding carboxylic acids is 1. The average Bonchev–Trinajstić information content (AvgIpc) is 2.45. The van der Waals surface area contributed by atoms with Gasteiger partial charge in [-0.1, -0.05) is 20.8 Å². The Morgan fingerprint density at radius 2 is 1.75 bits per heavy atom. The van der Waals surface area contributed by atoms with E-state index in [9.17, 15) is 4.79 Å². The van der Waals surface area contributed by atoms with Crippen LogP contribution >= 0.6 is 0 Å². The van der Waals surface area contributed by atoms with E-state index in [0.29, 0.717) is 0 Å². The van der Waals surface area contributed by atoms with Crippen molar-refractivity contribution in [3.05, 3.63) is 30.1 Å². The van der Waals surface area contributed by atoms with Gasteiger partial charge in [-0.2, -0.15) is 0 Å². The fourth-order valence-electron chi connectivity index (χ4n) is 2.49. The van der Waals surface area contributed by atoms with E-state index >= 15 is 0 Å². The molecule has 0 atom stereocenters. The monoisotopic (exact) mass is 275 g/mol. The summed E-state index contributed by atoms with van der Waals surface area (Å²) in [5, 5.41) is 0. The first-order valence-electron chi connectivity index (χ1n) is 7.37. The van der Waals surface area contributed by atoms with E-state index in [0.717, 1.165) is 39.1 Å². The summed E-state index contributed by atoms with van der Waals surface area (Å²) in [4.78, 5) is 20.7. The van der Waals surface area contributed by atoms with Crippen LogP contribution in [0.2, 0.25) is 0 Å². The lowest BCUT2D eigenvalue weighted by atomic mass is 9.94. The van der Waals surface area contributed by atoms with Gasteiger partial charge in [0.1, 0.15) is 0 Å². The summed E-state index contributed by atoms with van der Waals surface area (Å²) in [5.41, 5.74) is 1.06. The molecule has 2 heterocycles. The lowest BCUT2D eigenvalue weighted by Gasteiger charge is -2.37. The van der Waals surface area contributed by atoms with E-state index in [1.807, 2.05) is 38.1 Å². The van der Waals surface area contributed by atoms with E-state index < -0.39 is 0 Å². The molecule has 0 aromatic carbocycles. The number of rotatable bonds is 3. The molecule has 1 amide bonds. The molecule has 0 aliphatic carbocycles. The molecule has 1 aromatic heterocycles. The van der Waals surface area contributed by atoms with Gasteiger partial charge in [0.15, 0.2) is 0 Å². The molecule has 4 nitrogen and oxygen atoms in total. The molecular weight excluding hydrogens is 250 g/mol. The van der Waals surface area contributed by atoms with E-state index in [-0.39, 0.29) is 11.3 Å². The Morgan fingerprint density at radius 1 is 1.15 bits per heavy atom. The first-order valence-corrected chi connectivity index (χ1v) is 7.37. The zero-order valence-electron chi connectivity index (χ0n) is 12.8. The van der Waals surface area contributed by atoms with Crippen LogP contribution in [-0.2, 0) is 11.2 Å². The molecular formula is C16H25N3O. The quantitative estimate of drug-likeness (QED) is 0.844. The molecule has 110 valence electrons. The number of piperazine rings is 1. The minimum atomic E-state index is -0.265. The van der Waals surface area contributed by atoms with E-state index in [1.54, 1.807) is 0 Å². The third-order valence-corrected chi connectivity index (χ3v) is 3.77. The van der Waals surface area contributed by atoms with Gasteiger partial charge in [0.2, 0.25) is 5.91 Å². The summed E-state index contributed by atoms with van der Waals surface area (Å²) in [6.07, 6.45) is 4.74. The maximum absolute atomic E-state index is 12.2. The molecule has 1 saturated heterocycles. The molecule has 0 spiro atoms. The van der Waals surface area contributed by atoms with Crippen LogP contribution in [0.4, 0.5) is 0 Å². The van der Waals surface area contributed by atoms with Gasteiger partial charge in [0.25, 0.3) is 0 Å².